The molecule has 1 heterocycles. The second-order valence-corrected chi connectivity index (χ2v) is 6.59. The largest absolute Gasteiger partial charge is 0.152 e. The highest BCUT2D eigenvalue weighted by atomic mass is 79.9. The first-order chi connectivity index (χ1) is 7.27. The molecule has 1 aromatic heterocycles. The molecule has 0 aliphatic carbocycles. The molecular formula is C12H8Br2S. The maximum absolute atomic E-state index is 3.39. The summed E-state index contributed by atoms with van der Waals surface area (Å²) in [6.07, 6.45) is 2.06. The quantitative estimate of drug-likeness (QED) is 0.675. The molecule has 0 unspecified atom stereocenters. The van der Waals surface area contributed by atoms with Crippen LogP contribution in [0.15, 0.2) is 44.5 Å². The van der Waals surface area contributed by atoms with Crippen LogP contribution in [0.5, 0.6) is 0 Å². The van der Waals surface area contributed by atoms with E-state index in [-0.39, 0.29) is 0 Å². The van der Waals surface area contributed by atoms with E-state index in [0.29, 0.717) is 0 Å². The maximum atomic E-state index is 3.39. The van der Waals surface area contributed by atoms with Crippen LogP contribution >= 0.6 is 43.2 Å². The van der Waals surface area contributed by atoms with E-state index in [1.165, 1.54) is 16.7 Å². The van der Waals surface area contributed by atoms with Gasteiger partial charge >= 0.3 is 0 Å². The molecule has 0 fully saturated rings. The lowest BCUT2D eigenvalue weighted by molar-refractivity contribution is 1.63. The molecule has 0 amide bonds. The molecule has 1 aromatic carbocycles. The van der Waals surface area contributed by atoms with Crippen LogP contribution in [0.4, 0.5) is 0 Å². The summed E-state index contributed by atoms with van der Waals surface area (Å²) in [5.74, 6) is 0. The van der Waals surface area contributed by atoms with Crippen molar-refractivity contribution in [2.75, 3.05) is 0 Å². The van der Waals surface area contributed by atoms with E-state index in [1.54, 1.807) is 11.3 Å². The average molecular weight is 344 g/mol. The summed E-state index contributed by atoms with van der Waals surface area (Å²) in [5, 5.41) is 4.26. The molecule has 76 valence electrons. The van der Waals surface area contributed by atoms with Gasteiger partial charge in [-0.3, -0.25) is 0 Å². The van der Waals surface area contributed by atoms with Crippen LogP contribution < -0.4 is 0 Å². The van der Waals surface area contributed by atoms with Crippen molar-refractivity contribution in [2.45, 2.75) is 0 Å². The van der Waals surface area contributed by atoms with E-state index in [1.807, 2.05) is 6.07 Å². The number of thiophene rings is 1. The second kappa shape index (κ2) is 5.10. The van der Waals surface area contributed by atoms with Gasteiger partial charge in [0.15, 0.2) is 0 Å². The summed E-state index contributed by atoms with van der Waals surface area (Å²) < 4.78 is 0.956. The van der Waals surface area contributed by atoms with Gasteiger partial charge in [0.05, 0.1) is 3.39 Å². The molecule has 2 aromatic rings. The highest BCUT2D eigenvalue weighted by molar-refractivity contribution is 9.28. The zero-order chi connectivity index (χ0) is 10.7. The van der Waals surface area contributed by atoms with Crippen molar-refractivity contribution in [3.63, 3.8) is 0 Å². The van der Waals surface area contributed by atoms with Crippen molar-refractivity contribution in [1.29, 1.82) is 0 Å². The van der Waals surface area contributed by atoms with E-state index in [9.17, 15) is 0 Å². The smallest absolute Gasteiger partial charge is 0.0610 e. The Kier molecular flexibility index (Phi) is 3.78. The topological polar surface area (TPSA) is 0 Å². The Morgan fingerprint density at radius 2 is 1.93 bits per heavy atom. The van der Waals surface area contributed by atoms with Crippen LogP contribution in [0.25, 0.3) is 17.2 Å². The third-order valence-electron chi connectivity index (χ3n) is 2.06. The Balaban J connectivity index is 2.52. The Bertz CT molecular complexity index is 468. The normalized spacial score (nSPS) is 10.0. The van der Waals surface area contributed by atoms with Crippen LogP contribution in [0.3, 0.4) is 0 Å². The molecular weight excluding hydrogens is 336 g/mol. The third kappa shape index (κ3) is 2.80. The fourth-order valence-corrected chi connectivity index (χ4v) is 2.57. The minimum atomic E-state index is 0.956. The lowest BCUT2D eigenvalue weighted by Crippen LogP contribution is -1.79. The number of benzene rings is 1. The van der Waals surface area contributed by atoms with Gasteiger partial charge in [-0.2, -0.15) is 11.3 Å². The van der Waals surface area contributed by atoms with Crippen LogP contribution in [-0.2, 0) is 0 Å². The van der Waals surface area contributed by atoms with E-state index in [4.69, 9.17) is 0 Å². The van der Waals surface area contributed by atoms with Crippen LogP contribution in [0, 0.1) is 0 Å². The predicted molar refractivity (Wildman–Crippen MR) is 75.6 cm³/mol. The number of rotatable bonds is 2. The average Bonchev–Trinajstić information content (AvgIpc) is 2.70. The minimum absolute atomic E-state index is 0.956. The maximum Gasteiger partial charge on any atom is 0.0610 e. The standard InChI is InChI=1S/C12H8Br2S/c13-12(14)7-9-3-1-2-4-11(9)10-5-6-15-8-10/h1-8H. The molecule has 0 nitrogen and oxygen atoms in total. The molecule has 3 heteroatoms. The first kappa shape index (κ1) is 11.1. The van der Waals surface area contributed by atoms with Gasteiger partial charge in [0.1, 0.15) is 0 Å². The molecule has 0 radical (unpaired) electrons. The molecule has 0 saturated carbocycles. The van der Waals surface area contributed by atoms with E-state index >= 15 is 0 Å². The van der Waals surface area contributed by atoms with Crippen LogP contribution in [-0.4, -0.2) is 0 Å². The van der Waals surface area contributed by atoms with Gasteiger partial charge in [0.2, 0.25) is 0 Å². The summed E-state index contributed by atoms with van der Waals surface area (Å²) in [6, 6.07) is 10.5. The van der Waals surface area contributed by atoms with Crippen molar-refractivity contribution in [1.82, 2.24) is 0 Å². The van der Waals surface area contributed by atoms with Gasteiger partial charge < -0.3 is 0 Å². The molecule has 2 rings (SSSR count). The first-order valence-electron chi connectivity index (χ1n) is 4.41. The van der Waals surface area contributed by atoms with E-state index < -0.39 is 0 Å². The van der Waals surface area contributed by atoms with Crippen molar-refractivity contribution in [3.8, 4) is 11.1 Å². The van der Waals surface area contributed by atoms with Crippen molar-refractivity contribution >= 4 is 49.3 Å². The number of hydrogen-bond donors (Lipinski definition) is 0. The molecule has 0 saturated heterocycles. The zero-order valence-corrected chi connectivity index (χ0v) is 11.8. The van der Waals surface area contributed by atoms with Gasteiger partial charge in [-0.1, -0.05) is 24.3 Å². The second-order valence-electron chi connectivity index (χ2n) is 3.03. The van der Waals surface area contributed by atoms with Crippen LogP contribution in [0.2, 0.25) is 0 Å². The van der Waals surface area contributed by atoms with Gasteiger partial charge in [-0.05, 0) is 71.5 Å². The lowest BCUT2D eigenvalue weighted by Gasteiger charge is -2.03. The number of halogens is 2. The van der Waals surface area contributed by atoms with Crippen LogP contribution in [0.1, 0.15) is 5.56 Å². The monoisotopic (exact) mass is 342 g/mol. The molecule has 0 aliphatic rings. The molecule has 0 atom stereocenters. The van der Waals surface area contributed by atoms with Gasteiger partial charge in [-0.15, -0.1) is 0 Å². The molecule has 0 aliphatic heterocycles. The summed E-state index contributed by atoms with van der Waals surface area (Å²) in [6.45, 7) is 0. The van der Waals surface area contributed by atoms with Gasteiger partial charge in [0.25, 0.3) is 0 Å². The predicted octanol–water partition coefficient (Wildman–Crippen LogP) is 5.50. The summed E-state index contributed by atoms with van der Waals surface area (Å²) in [4.78, 5) is 0. The summed E-state index contributed by atoms with van der Waals surface area (Å²) >= 11 is 8.50. The number of hydrogen-bond acceptors (Lipinski definition) is 1. The Morgan fingerprint density at radius 3 is 2.60 bits per heavy atom. The fourth-order valence-electron chi connectivity index (χ4n) is 1.42. The van der Waals surface area contributed by atoms with E-state index in [0.717, 1.165) is 3.39 Å². The Labute approximate surface area is 110 Å². The minimum Gasteiger partial charge on any atom is -0.152 e. The lowest BCUT2D eigenvalue weighted by atomic mass is 10.0. The third-order valence-corrected chi connectivity index (χ3v) is 3.20. The Morgan fingerprint density at radius 1 is 1.13 bits per heavy atom. The fraction of sp³-hybridized carbons (Fsp3) is 0. The highest BCUT2D eigenvalue weighted by Gasteiger charge is 2.02. The molecule has 0 bridgehead atoms. The molecule has 0 N–H and O–H groups in total. The van der Waals surface area contributed by atoms with Gasteiger partial charge in [-0.25, -0.2) is 0 Å². The highest BCUT2D eigenvalue weighted by Crippen LogP contribution is 2.29. The SMILES string of the molecule is BrC(Br)=Cc1ccccc1-c1ccsc1. The van der Waals surface area contributed by atoms with Crippen molar-refractivity contribution < 1.29 is 0 Å². The van der Waals surface area contributed by atoms with Gasteiger partial charge in [0, 0.05) is 0 Å². The van der Waals surface area contributed by atoms with Crippen molar-refractivity contribution in [3.05, 3.63) is 50.0 Å². The molecule has 15 heavy (non-hydrogen) atoms. The van der Waals surface area contributed by atoms with Crippen molar-refractivity contribution in [2.24, 2.45) is 0 Å². The summed E-state index contributed by atoms with van der Waals surface area (Å²) in [5.41, 5.74) is 3.74. The summed E-state index contributed by atoms with van der Waals surface area (Å²) in [7, 11) is 0. The van der Waals surface area contributed by atoms with E-state index in [2.05, 4.69) is 73.0 Å². The molecule has 0 spiro atoms. The Hall–Kier alpha value is -0.380. The zero-order valence-electron chi connectivity index (χ0n) is 7.78. The first-order valence-corrected chi connectivity index (χ1v) is 6.94.